The highest BCUT2D eigenvalue weighted by atomic mass is 16.6. The minimum absolute atomic E-state index is 0.0311. The highest BCUT2D eigenvalue weighted by molar-refractivity contribution is 5.84. The Hall–Kier alpha value is -2.03. The van der Waals surface area contributed by atoms with Crippen molar-refractivity contribution in [2.45, 2.75) is 167 Å². The normalized spacial score (nSPS) is 19.8. The lowest BCUT2D eigenvalue weighted by Gasteiger charge is -2.16. The molecule has 0 amide bonds. The molecule has 1 aliphatic rings. The summed E-state index contributed by atoms with van der Waals surface area (Å²) in [6.45, 7) is 6.09. The third-order valence-electron chi connectivity index (χ3n) is 8.79. The number of hydrogen-bond acceptors (Lipinski definition) is 8. The molecule has 1 fully saturated rings. The zero-order chi connectivity index (χ0) is 34.0. The standard InChI is InChI=1S/C38H66O8/c1-4-5-15-21-31(40)25-26-34-33(35(41)27-36(34)42)22-17-13-14-18-23-37(43)45-29-32(28-39)46-38(44)24-19-12-10-8-6-7-9-11-16-20-30(2)3/h13,17,25-26,30-34,36,39-40,42H,4-12,14-16,18-24,27-29H2,1-3H3/b17-13-,26-25+/t31-,32-,33+,34+,36+/m0/s1. The van der Waals surface area contributed by atoms with Gasteiger partial charge in [-0.05, 0) is 38.0 Å². The summed E-state index contributed by atoms with van der Waals surface area (Å²) in [5.74, 6) is -0.579. The molecular formula is C38H66O8. The van der Waals surface area contributed by atoms with Crippen LogP contribution in [0.1, 0.15) is 149 Å². The molecule has 8 heteroatoms. The Labute approximate surface area is 279 Å². The summed E-state index contributed by atoms with van der Waals surface area (Å²) in [5, 5.41) is 30.1. The van der Waals surface area contributed by atoms with E-state index in [1.165, 1.54) is 44.9 Å². The molecule has 0 bridgehead atoms. The van der Waals surface area contributed by atoms with Crippen LogP contribution in [0.4, 0.5) is 0 Å². The van der Waals surface area contributed by atoms with Gasteiger partial charge in [-0.25, -0.2) is 0 Å². The molecule has 0 saturated heterocycles. The van der Waals surface area contributed by atoms with Crippen molar-refractivity contribution in [3.8, 4) is 0 Å². The lowest BCUT2D eigenvalue weighted by atomic mass is 9.90. The number of ketones is 1. The summed E-state index contributed by atoms with van der Waals surface area (Å²) in [7, 11) is 0. The fourth-order valence-electron chi connectivity index (χ4n) is 5.89. The molecule has 5 atom stereocenters. The molecule has 0 heterocycles. The average molecular weight is 651 g/mol. The van der Waals surface area contributed by atoms with E-state index in [1.54, 1.807) is 12.2 Å². The number of aliphatic hydroxyl groups excluding tert-OH is 3. The van der Waals surface area contributed by atoms with Crippen LogP contribution in [0.3, 0.4) is 0 Å². The maximum absolute atomic E-state index is 12.4. The largest absolute Gasteiger partial charge is 0.462 e. The molecule has 46 heavy (non-hydrogen) atoms. The molecule has 1 rings (SSSR count). The number of carbonyl (C=O) groups is 3. The fraction of sp³-hybridized carbons (Fsp3) is 0.816. The maximum Gasteiger partial charge on any atom is 0.306 e. The maximum atomic E-state index is 12.4. The minimum atomic E-state index is -0.856. The van der Waals surface area contributed by atoms with E-state index in [-0.39, 0.29) is 43.0 Å². The molecule has 0 aromatic carbocycles. The second-order valence-corrected chi connectivity index (χ2v) is 13.6. The van der Waals surface area contributed by atoms with Gasteiger partial charge in [0.1, 0.15) is 12.4 Å². The van der Waals surface area contributed by atoms with Gasteiger partial charge in [-0.3, -0.25) is 14.4 Å². The van der Waals surface area contributed by atoms with Gasteiger partial charge >= 0.3 is 11.9 Å². The van der Waals surface area contributed by atoms with E-state index in [0.29, 0.717) is 32.1 Å². The van der Waals surface area contributed by atoms with E-state index < -0.39 is 30.9 Å². The van der Waals surface area contributed by atoms with Crippen molar-refractivity contribution in [2.24, 2.45) is 17.8 Å². The monoisotopic (exact) mass is 650 g/mol. The second kappa shape index (κ2) is 27.0. The molecule has 3 N–H and O–H groups in total. The fourth-order valence-corrected chi connectivity index (χ4v) is 5.89. The van der Waals surface area contributed by atoms with Crippen LogP contribution in [0.5, 0.6) is 0 Å². The van der Waals surface area contributed by atoms with Crippen LogP contribution in [-0.2, 0) is 23.9 Å². The van der Waals surface area contributed by atoms with Crippen molar-refractivity contribution < 1.29 is 39.2 Å². The predicted octanol–water partition coefficient (Wildman–Crippen LogP) is 7.56. The van der Waals surface area contributed by atoms with Crippen molar-refractivity contribution in [1.29, 1.82) is 0 Å². The van der Waals surface area contributed by atoms with Crippen LogP contribution in [0, 0.1) is 17.8 Å². The van der Waals surface area contributed by atoms with Crippen LogP contribution in [-0.4, -0.2) is 64.6 Å². The third kappa shape index (κ3) is 21.0. The first-order valence-corrected chi connectivity index (χ1v) is 18.4. The molecule has 8 nitrogen and oxygen atoms in total. The summed E-state index contributed by atoms with van der Waals surface area (Å²) in [5.41, 5.74) is 0. The van der Waals surface area contributed by atoms with E-state index in [9.17, 15) is 29.7 Å². The van der Waals surface area contributed by atoms with Gasteiger partial charge in [0.15, 0.2) is 6.10 Å². The zero-order valence-electron chi connectivity index (χ0n) is 29.2. The zero-order valence-corrected chi connectivity index (χ0v) is 29.2. The Bertz CT molecular complexity index is 867. The summed E-state index contributed by atoms with van der Waals surface area (Å²) in [6.07, 6.45) is 23.2. The highest BCUT2D eigenvalue weighted by Crippen LogP contribution is 2.33. The summed E-state index contributed by atoms with van der Waals surface area (Å²) >= 11 is 0. The summed E-state index contributed by atoms with van der Waals surface area (Å²) in [4.78, 5) is 36.7. The Morgan fingerprint density at radius 2 is 1.50 bits per heavy atom. The smallest absolute Gasteiger partial charge is 0.306 e. The van der Waals surface area contributed by atoms with E-state index in [4.69, 9.17) is 9.47 Å². The third-order valence-corrected chi connectivity index (χ3v) is 8.79. The van der Waals surface area contributed by atoms with Crippen LogP contribution in [0.2, 0.25) is 0 Å². The van der Waals surface area contributed by atoms with Crippen molar-refractivity contribution in [3.63, 3.8) is 0 Å². The SMILES string of the molecule is CCCCC[C@H](O)/C=C/[C@H]1[C@H](O)CC(=O)[C@@H]1C/C=C\CCCC(=O)OC[C@H](CO)OC(=O)CCCCCCCCCCCC(C)C. The quantitative estimate of drug-likeness (QED) is 0.0449. The molecule has 0 aliphatic heterocycles. The first kappa shape index (κ1) is 42.0. The molecule has 0 unspecified atom stereocenters. The van der Waals surface area contributed by atoms with Gasteiger partial charge in [0.2, 0.25) is 0 Å². The lowest BCUT2D eigenvalue weighted by Crippen LogP contribution is -2.28. The number of ether oxygens (including phenoxy) is 2. The van der Waals surface area contributed by atoms with Gasteiger partial charge in [0.25, 0.3) is 0 Å². The summed E-state index contributed by atoms with van der Waals surface area (Å²) < 4.78 is 10.5. The molecule has 1 aliphatic carbocycles. The van der Waals surface area contributed by atoms with Crippen LogP contribution in [0.25, 0.3) is 0 Å². The number of carbonyl (C=O) groups excluding carboxylic acids is 3. The Morgan fingerprint density at radius 3 is 2.15 bits per heavy atom. The number of unbranched alkanes of at least 4 members (excludes halogenated alkanes) is 11. The molecule has 266 valence electrons. The molecule has 0 spiro atoms. The molecule has 0 aromatic heterocycles. The molecular weight excluding hydrogens is 584 g/mol. The van der Waals surface area contributed by atoms with Gasteiger partial charge in [0, 0.05) is 31.1 Å². The van der Waals surface area contributed by atoms with Gasteiger partial charge in [-0.1, -0.05) is 122 Å². The Balaban J connectivity index is 2.17. The topological polar surface area (TPSA) is 130 Å². The predicted molar refractivity (Wildman–Crippen MR) is 183 cm³/mol. The van der Waals surface area contributed by atoms with E-state index in [0.717, 1.165) is 44.4 Å². The Morgan fingerprint density at radius 1 is 0.870 bits per heavy atom. The lowest BCUT2D eigenvalue weighted by molar-refractivity contribution is -0.161. The van der Waals surface area contributed by atoms with Crippen molar-refractivity contribution >= 4 is 17.7 Å². The highest BCUT2D eigenvalue weighted by Gasteiger charge is 2.39. The number of esters is 2. The van der Waals surface area contributed by atoms with Crippen molar-refractivity contribution in [3.05, 3.63) is 24.3 Å². The number of aliphatic hydroxyl groups is 3. The van der Waals surface area contributed by atoms with Gasteiger partial charge < -0.3 is 24.8 Å². The molecule has 1 saturated carbocycles. The van der Waals surface area contributed by atoms with Crippen LogP contribution < -0.4 is 0 Å². The summed E-state index contributed by atoms with van der Waals surface area (Å²) in [6, 6.07) is 0. The van der Waals surface area contributed by atoms with E-state index >= 15 is 0 Å². The molecule has 0 aromatic rings. The number of allylic oxidation sites excluding steroid dienone is 2. The number of hydrogen-bond donors (Lipinski definition) is 3. The van der Waals surface area contributed by atoms with Crippen LogP contribution >= 0.6 is 0 Å². The first-order valence-electron chi connectivity index (χ1n) is 18.4. The Kier molecular flexibility index (Phi) is 24.6. The molecule has 0 radical (unpaired) electrons. The van der Waals surface area contributed by atoms with Crippen molar-refractivity contribution in [2.75, 3.05) is 13.2 Å². The number of rotatable bonds is 28. The first-order chi connectivity index (χ1) is 22.2. The second-order valence-electron chi connectivity index (χ2n) is 13.6. The van der Waals surface area contributed by atoms with Crippen molar-refractivity contribution in [1.82, 2.24) is 0 Å². The minimum Gasteiger partial charge on any atom is -0.462 e. The van der Waals surface area contributed by atoms with Gasteiger partial charge in [-0.15, -0.1) is 0 Å². The number of Topliss-reactive ketones (excluding diaryl/α,β-unsaturated/α-hetero) is 1. The van der Waals surface area contributed by atoms with Gasteiger partial charge in [-0.2, -0.15) is 0 Å². The van der Waals surface area contributed by atoms with E-state index in [2.05, 4.69) is 20.8 Å². The van der Waals surface area contributed by atoms with Gasteiger partial charge in [0.05, 0.1) is 18.8 Å². The van der Waals surface area contributed by atoms with Crippen LogP contribution in [0.15, 0.2) is 24.3 Å². The average Bonchev–Trinajstić information content (AvgIpc) is 3.29. The van der Waals surface area contributed by atoms with E-state index in [1.807, 2.05) is 12.2 Å².